The normalized spacial score (nSPS) is 13.4. The van der Waals surface area contributed by atoms with E-state index in [1.54, 1.807) is 76.4 Å². The minimum absolute atomic E-state index is 0.180. The van der Waals surface area contributed by atoms with Crippen LogP contribution in [0.3, 0.4) is 0 Å². The van der Waals surface area contributed by atoms with Crippen LogP contribution in [0.15, 0.2) is 146 Å². The van der Waals surface area contributed by atoms with Crippen LogP contribution in [0.2, 0.25) is 0 Å². The van der Waals surface area contributed by atoms with Gasteiger partial charge < -0.3 is 55.2 Å². The van der Waals surface area contributed by atoms with Gasteiger partial charge in [0.25, 0.3) is 0 Å². The first kappa shape index (κ1) is 61.1. The molecule has 6 aromatic rings. The van der Waals surface area contributed by atoms with E-state index in [1.807, 2.05) is 121 Å². The third-order valence-electron chi connectivity index (χ3n) is 12.4. The number of rotatable bonds is 24. The number of ether oxygens (including phenoxy) is 3. The molecule has 0 unspecified atom stereocenters. The highest BCUT2D eigenvalue weighted by molar-refractivity contribution is 5.98. The fraction of sp³-hybridized carbons (Fsp3) is 0.367. The van der Waals surface area contributed by atoms with E-state index in [4.69, 9.17) is 14.2 Å². The molecule has 428 valence electrons. The number of methoxy groups -OCH3 is 1. The van der Waals surface area contributed by atoms with Crippen LogP contribution in [0.25, 0.3) is 0 Å². The number of hydrogen-bond acceptors (Lipinski definition) is 13. The summed E-state index contributed by atoms with van der Waals surface area (Å²) in [6, 6.07) is 29.5. The summed E-state index contributed by atoms with van der Waals surface area (Å²) < 4.78 is 19.3. The van der Waals surface area contributed by atoms with Gasteiger partial charge in [-0.2, -0.15) is 0 Å². The number of benzene rings is 4. The standard InChI is InChI=1S/C60H72N10O11/c1-39(55(76)79-9)63-50(71)33-49(56(77)80-58(2,3)4)66-52(73)46(31-45-36-70(38-62-45)34-40-22-14-10-15-23-40)64-54(75)48(65-53(74)47(30-44-35-69(8)37-61-44)67-57(78)81-59(5,6)7)32-51(72)68-60(41-24-16-11-17-25-41,42-26-18-12-19-27-42)43-28-20-13-21-29-43/h10-29,35-39,46-49H,30-34H2,1-9H3,(H,63,71)(H,64,75)(H,65,74)(H,66,73)(H,67,78)(H,68,72)/t39-,46-,47-,48-,49-/m0/s1. The van der Waals surface area contributed by atoms with Gasteiger partial charge in [-0.25, -0.2) is 24.4 Å². The molecule has 0 radical (unpaired) electrons. The molecular weight excluding hydrogens is 1040 g/mol. The summed E-state index contributed by atoms with van der Waals surface area (Å²) in [7, 11) is 2.87. The maximum Gasteiger partial charge on any atom is 0.408 e. The first-order chi connectivity index (χ1) is 38.4. The van der Waals surface area contributed by atoms with Crippen molar-refractivity contribution >= 4 is 47.6 Å². The van der Waals surface area contributed by atoms with Gasteiger partial charge in [0.1, 0.15) is 47.0 Å². The lowest BCUT2D eigenvalue weighted by atomic mass is 9.77. The first-order valence-corrected chi connectivity index (χ1v) is 26.4. The highest BCUT2D eigenvalue weighted by atomic mass is 16.6. The lowest BCUT2D eigenvalue weighted by molar-refractivity contribution is -0.160. The third kappa shape index (κ3) is 18.2. The van der Waals surface area contributed by atoms with Crippen LogP contribution in [0.1, 0.15) is 94.9 Å². The Balaban J connectivity index is 1.42. The quantitative estimate of drug-likeness (QED) is 0.0273. The fourth-order valence-electron chi connectivity index (χ4n) is 8.79. The number of esters is 2. The van der Waals surface area contributed by atoms with Gasteiger partial charge >= 0.3 is 18.0 Å². The van der Waals surface area contributed by atoms with Gasteiger partial charge in [0.05, 0.1) is 44.0 Å². The average molecular weight is 1110 g/mol. The van der Waals surface area contributed by atoms with Crippen molar-refractivity contribution in [1.29, 1.82) is 0 Å². The Morgan fingerprint density at radius 2 is 0.963 bits per heavy atom. The SMILES string of the molecule is COC(=O)[C@H](C)NC(=O)C[C@H](NC(=O)[C@H](Cc1cn(Cc2ccccc2)cn1)NC(=O)[C@H](CC(=O)NC(c1ccccc1)(c1ccccc1)c1ccccc1)NC(=O)[C@H](Cc1cn(C)cn1)NC(=O)OC(C)(C)C)C(=O)OC(C)(C)C. The minimum atomic E-state index is -1.79. The molecule has 6 amide bonds. The molecule has 21 nitrogen and oxygen atoms in total. The van der Waals surface area contributed by atoms with E-state index in [0.717, 1.165) is 12.7 Å². The summed E-state index contributed by atoms with van der Waals surface area (Å²) in [6.07, 6.45) is 3.46. The van der Waals surface area contributed by atoms with Gasteiger partial charge in [-0.3, -0.25) is 24.0 Å². The molecule has 0 fully saturated rings. The number of nitrogens with zero attached hydrogens (tertiary/aromatic N) is 4. The van der Waals surface area contributed by atoms with E-state index in [0.29, 0.717) is 34.6 Å². The lowest BCUT2D eigenvalue weighted by Crippen LogP contribution is -2.60. The number of nitrogens with one attached hydrogen (secondary N) is 6. The number of carbonyl (C=O) groups is 8. The summed E-state index contributed by atoms with van der Waals surface area (Å²) in [6.45, 7) is 11.5. The molecule has 21 heteroatoms. The van der Waals surface area contributed by atoms with Crippen molar-refractivity contribution < 1.29 is 52.6 Å². The Morgan fingerprint density at radius 3 is 1.46 bits per heavy atom. The number of aryl methyl sites for hydroxylation is 1. The van der Waals surface area contributed by atoms with Gasteiger partial charge in [0.15, 0.2) is 0 Å². The minimum Gasteiger partial charge on any atom is -0.467 e. The molecule has 0 saturated heterocycles. The van der Waals surface area contributed by atoms with E-state index in [1.165, 1.54) is 13.3 Å². The number of carbonyl (C=O) groups excluding carboxylic acids is 8. The van der Waals surface area contributed by atoms with Crippen molar-refractivity contribution in [1.82, 2.24) is 51.0 Å². The van der Waals surface area contributed by atoms with Crippen LogP contribution < -0.4 is 31.9 Å². The van der Waals surface area contributed by atoms with Crippen molar-refractivity contribution in [2.75, 3.05) is 7.11 Å². The molecule has 4 aromatic carbocycles. The zero-order chi connectivity index (χ0) is 58.9. The molecular formula is C60H72N10O11. The molecule has 0 aliphatic rings. The maximum absolute atomic E-state index is 15.3. The largest absolute Gasteiger partial charge is 0.467 e. The van der Waals surface area contributed by atoms with Crippen molar-refractivity contribution in [3.63, 3.8) is 0 Å². The highest BCUT2D eigenvalue weighted by Crippen LogP contribution is 2.37. The van der Waals surface area contributed by atoms with Crippen LogP contribution in [-0.2, 0) is 79.7 Å². The van der Waals surface area contributed by atoms with Crippen LogP contribution in [-0.4, -0.2) is 115 Å². The summed E-state index contributed by atoms with van der Waals surface area (Å²) in [5.41, 5.74) is 0.190. The van der Waals surface area contributed by atoms with Crippen molar-refractivity contribution in [3.8, 4) is 0 Å². The fourth-order valence-corrected chi connectivity index (χ4v) is 8.79. The second-order valence-corrected chi connectivity index (χ2v) is 21.5. The van der Waals surface area contributed by atoms with Gasteiger partial charge in [0.2, 0.25) is 29.5 Å². The van der Waals surface area contributed by atoms with Crippen molar-refractivity contribution in [3.05, 3.63) is 180 Å². The van der Waals surface area contributed by atoms with E-state index >= 15 is 9.59 Å². The monoisotopic (exact) mass is 1110 g/mol. The molecule has 0 spiro atoms. The van der Waals surface area contributed by atoms with Gasteiger partial charge in [-0.1, -0.05) is 121 Å². The average Bonchev–Trinajstić information content (AvgIpc) is 3.85. The molecule has 0 saturated carbocycles. The van der Waals surface area contributed by atoms with Gasteiger partial charge in [0, 0.05) is 38.8 Å². The zero-order valence-electron chi connectivity index (χ0n) is 47.1. The van der Waals surface area contributed by atoms with Crippen LogP contribution >= 0.6 is 0 Å². The zero-order valence-corrected chi connectivity index (χ0v) is 47.1. The Hall–Kier alpha value is -9.14. The number of aromatic nitrogens is 4. The molecule has 0 bridgehead atoms. The predicted molar refractivity (Wildman–Crippen MR) is 299 cm³/mol. The van der Waals surface area contributed by atoms with Gasteiger partial charge in [-0.15, -0.1) is 0 Å². The smallest absolute Gasteiger partial charge is 0.408 e. The predicted octanol–water partition coefficient (Wildman–Crippen LogP) is 4.71. The number of hydrogen-bond donors (Lipinski definition) is 6. The molecule has 0 aliphatic heterocycles. The maximum atomic E-state index is 15.3. The van der Waals surface area contributed by atoms with E-state index in [2.05, 4.69) is 41.9 Å². The molecule has 2 heterocycles. The topological polar surface area (TPSA) is 272 Å². The molecule has 6 rings (SSSR count). The summed E-state index contributed by atoms with van der Waals surface area (Å²) in [5, 5.41) is 16.3. The molecule has 0 aliphatic carbocycles. The second-order valence-electron chi connectivity index (χ2n) is 21.5. The second kappa shape index (κ2) is 27.6. The highest BCUT2D eigenvalue weighted by Gasteiger charge is 2.41. The Bertz CT molecular complexity index is 3000. The molecule has 6 N–H and O–H groups in total. The Labute approximate surface area is 471 Å². The van der Waals surface area contributed by atoms with Crippen LogP contribution in [0.5, 0.6) is 0 Å². The number of alkyl carbamates (subject to hydrolysis) is 1. The summed E-state index contributed by atoms with van der Waals surface area (Å²) in [5.74, 6) is -6.28. The molecule has 2 aromatic heterocycles. The third-order valence-corrected chi connectivity index (χ3v) is 12.4. The first-order valence-electron chi connectivity index (χ1n) is 26.4. The Kier molecular flexibility index (Phi) is 20.8. The molecule has 81 heavy (non-hydrogen) atoms. The van der Waals surface area contributed by atoms with E-state index < -0.39 is 107 Å². The Morgan fingerprint density at radius 1 is 0.519 bits per heavy atom. The van der Waals surface area contributed by atoms with Crippen LogP contribution in [0.4, 0.5) is 4.79 Å². The van der Waals surface area contributed by atoms with Crippen molar-refractivity contribution in [2.24, 2.45) is 7.05 Å². The van der Waals surface area contributed by atoms with Crippen molar-refractivity contribution in [2.45, 2.75) is 128 Å². The summed E-state index contributed by atoms with van der Waals surface area (Å²) in [4.78, 5) is 122. The van der Waals surface area contributed by atoms with Gasteiger partial charge in [-0.05, 0) is 70.7 Å². The van der Waals surface area contributed by atoms with E-state index in [9.17, 15) is 28.8 Å². The summed E-state index contributed by atoms with van der Waals surface area (Å²) >= 11 is 0. The number of amides is 6. The number of imidazole rings is 2. The van der Waals surface area contributed by atoms with Crippen LogP contribution in [0, 0.1) is 0 Å². The molecule has 5 atom stereocenters. The van der Waals surface area contributed by atoms with E-state index in [-0.39, 0.29) is 12.8 Å². The lowest BCUT2D eigenvalue weighted by Gasteiger charge is -2.37.